The maximum absolute atomic E-state index is 12.9. The molecule has 1 aromatic carbocycles. The summed E-state index contributed by atoms with van der Waals surface area (Å²) in [6.07, 6.45) is 3.38. The van der Waals surface area contributed by atoms with Gasteiger partial charge in [-0.25, -0.2) is 4.79 Å². The van der Waals surface area contributed by atoms with Gasteiger partial charge in [-0.1, -0.05) is 37.6 Å². The zero-order chi connectivity index (χ0) is 21.2. The molecule has 0 spiro atoms. The van der Waals surface area contributed by atoms with E-state index < -0.39 is 17.8 Å². The molecule has 1 saturated carbocycles. The van der Waals surface area contributed by atoms with Crippen molar-refractivity contribution in [3.8, 4) is 0 Å². The Balaban J connectivity index is 1.76. The molecular formula is C24H35NO4. The molecular weight excluding hydrogens is 366 g/mol. The molecule has 0 bridgehead atoms. The number of hydrogen-bond donors (Lipinski definition) is 1. The third-order valence-electron chi connectivity index (χ3n) is 6.33. The average Bonchev–Trinajstić information content (AvgIpc) is 2.67. The maximum Gasteiger partial charge on any atom is 0.410 e. The minimum Gasteiger partial charge on any atom is -0.444 e. The first-order valence-electron chi connectivity index (χ1n) is 10.9. The fraction of sp³-hybridized carbons (Fsp3) is 0.667. The van der Waals surface area contributed by atoms with Crippen LogP contribution in [0, 0.1) is 11.8 Å². The lowest BCUT2D eigenvalue weighted by Crippen LogP contribution is -2.52. The second-order valence-electron chi connectivity index (χ2n) is 9.67. The van der Waals surface area contributed by atoms with Gasteiger partial charge in [-0.2, -0.15) is 0 Å². The molecule has 29 heavy (non-hydrogen) atoms. The number of nitrogens with zero attached hydrogens (tertiary/aromatic N) is 1. The first-order valence-corrected chi connectivity index (χ1v) is 10.9. The van der Waals surface area contributed by atoms with E-state index in [9.17, 15) is 14.7 Å². The molecule has 0 saturated heterocycles. The van der Waals surface area contributed by atoms with Gasteiger partial charge in [-0.15, -0.1) is 0 Å². The van der Waals surface area contributed by atoms with Crippen LogP contribution in [0.2, 0.25) is 0 Å². The van der Waals surface area contributed by atoms with Gasteiger partial charge < -0.3 is 9.84 Å². The molecule has 1 aromatic rings. The van der Waals surface area contributed by atoms with Crippen LogP contribution in [0.15, 0.2) is 24.3 Å². The third-order valence-corrected chi connectivity index (χ3v) is 6.33. The summed E-state index contributed by atoms with van der Waals surface area (Å²) < 4.78 is 5.62. The summed E-state index contributed by atoms with van der Waals surface area (Å²) in [5.74, 6) is 0.642. The number of aliphatic hydroxyl groups excluding tert-OH is 1. The van der Waals surface area contributed by atoms with Crippen LogP contribution >= 0.6 is 0 Å². The topological polar surface area (TPSA) is 66.8 Å². The smallest absolute Gasteiger partial charge is 0.410 e. The van der Waals surface area contributed by atoms with Crippen LogP contribution < -0.4 is 0 Å². The molecule has 1 heterocycles. The van der Waals surface area contributed by atoms with Crippen LogP contribution in [0.25, 0.3) is 0 Å². The lowest BCUT2D eigenvalue weighted by molar-refractivity contribution is -0.127. The number of Topliss-reactive ketones (excluding diaryl/α,β-unsaturated/α-hetero) is 1. The molecule has 1 N–H and O–H groups in total. The van der Waals surface area contributed by atoms with E-state index in [1.54, 1.807) is 4.90 Å². The number of hydrogen-bond acceptors (Lipinski definition) is 4. The number of rotatable bonds is 4. The molecule has 5 nitrogen and oxygen atoms in total. The van der Waals surface area contributed by atoms with E-state index in [1.807, 2.05) is 39.0 Å². The van der Waals surface area contributed by atoms with Gasteiger partial charge in [-0.05, 0) is 63.5 Å². The SMILES string of the molecule is CCC1CCC(C[C@@H](O)[C@@H]2Cc3ccccc3CN2C(=O)OC(C)(C)C)C(=O)C1. The van der Waals surface area contributed by atoms with Crippen LogP contribution in [0.5, 0.6) is 0 Å². The standard InChI is InChI=1S/C24H35NO4/c1-5-16-10-11-18(21(26)12-16)14-22(27)20-13-17-8-6-7-9-19(17)15-25(20)23(28)29-24(2,3)4/h6-9,16,18,20,22,27H,5,10-15H2,1-4H3/t16?,18?,20-,22+/m0/s1. The highest BCUT2D eigenvalue weighted by Gasteiger charge is 2.39. The van der Waals surface area contributed by atoms with E-state index in [2.05, 4.69) is 13.0 Å². The van der Waals surface area contributed by atoms with Crippen molar-refractivity contribution in [3.05, 3.63) is 35.4 Å². The zero-order valence-corrected chi connectivity index (χ0v) is 18.2. The minimum atomic E-state index is -0.747. The van der Waals surface area contributed by atoms with Crippen LogP contribution in [0.4, 0.5) is 4.79 Å². The van der Waals surface area contributed by atoms with Crippen LogP contribution in [-0.2, 0) is 22.5 Å². The lowest BCUT2D eigenvalue weighted by Gasteiger charge is -2.41. The minimum absolute atomic E-state index is 0.106. The Kier molecular flexibility index (Phi) is 6.67. The van der Waals surface area contributed by atoms with E-state index in [0.717, 1.165) is 30.4 Å². The van der Waals surface area contributed by atoms with Crippen molar-refractivity contribution in [1.29, 1.82) is 0 Å². The van der Waals surface area contributed by atoms with Gasteiger partial charge in [0.1, 0.15) is 11.4 Å². The molecule has 160 valence electrons. The highest BCUT2D eigenvalue weighted by molar-refractivity contribution is 5.82. The largest absolute Gasteiger partial charge is 0.444 e. The van der Waals surface area contributed by atoms with E-state index >= 15 is 0 Å². The molecule has 5 heteroatoms. The van der Waals surface area contributed by atoms with E-state index in [4.69, 9.17) is 4.74 Å². The molecule has 2 aliphatic rings. The first-order chi connectivity index (χ1) is 13.7. The summed E-state index contributed by atoms with van der Waals surface area (Å²) in [5.41, 5.74) is 1.64. The van der Waals surface area contributed by atoms with Crippen molar-refractivity contribution in [2.75, 3.05) is 0 Å². The molecule has 1 aliphatic carbocycles. The van der Waals surface area contributed by atoms with E-state index in [-0.39, 0.29) is 17.7 Å². The number of fused-ring (bicyclic) bond motifs is 1. The predicted octanol–water partition coefficient (Wildman–Crippen LogP) is 4.49. The highest BCUT2D eigenvalue weighted by Crippen LogP contribution is 2.34. The number of amides is 1. The van der Waals surface area contributed by atoms with Gasteiger partial charge in [0.15, 0.2) is 0 Å². The Labute approximate surface area is 174 Å². The number of ether oxygens (including phenoxy) is 1. The van der Waals surface area contributed by atoms with Crippen LogP contribution in [0.3, 0.4) is 0 Å². The van der Waals surface area contributed by atoms with E-state index in [0.29, 0.717) is 31.7 Å². The van der Waals surface area contributed by atoms with E-state index in [1.165, 1.54) is 0 Å². The Hall–Kier alpha value is -1.88. The van der Waals surface area contributed by atoms with Crippen molar-refractivity contribution in [1.82, 2.24) is 4.90 Å². The van der Waals surface area contributed by atoms with Crippen LogP contribution in [0.1, 0.15) is 70.9 Å². The lowest BCUT2D eigenvalue weighted by atomic mass is 9.76. The maximum atomic E-state index is 12.9. The second-order valence-corrected chi connectivity index (χ2v) is 9.67. The monoisotopic (exact) mass is 401 g/mol. The quantitative estimate of drug-likeness (QED) is 0.807. The Bertz CT molecular complexity index is 739. The predicted molar refractivity (Wildman–Crippen MR) is 112 cm³/mol. The third kappa shape index (κ3) is 5.39. The van der Waals surface area contributed by atoms with Gasteiger partial charge in [0.25, 0.3) is 0 Å². The number of carbonyl (C=O) groups is 2. The summed E-state index contributed by atoms with van der Waals surface area (Å²) in [6.45, 7) is 8.09. The number of benzene rings is 1. The molecule has 1 aliphatic heterocycles. The number of aliphatic hydroxyl groups is 1. The highest BCUT2D eigenvalue weighted by atomic mass is 16.6. The Morgan fingerprint density at radius 3 is 2.52 bits per heavy atom. The number of ketones is 1. The van der Waals surface area contributed by atoms with Crippen molar-refractivity contribution in [2.24, 2.45) is 11.8 Å². The van der Waals surface area contributed by atoms with Crippen molar-refractivity contribution < 1.29 is 19.4 Å². The van der Waals surface area contributed by atoms with Crippen molar-refractivity contribution in [3.63, 3.8) is 0 Å². The fourth-order valence-corrected chi connectivity index (χ4v) is 4.61. The van der Waals surface area contributed by atoms with Gasteiger partial charge in [0.2, 0.25) is 0 Å². The summed E-state index contributed by atoms with van der Waals surface area (Å²) in [5, 5.41) is 11.1. The van der Waals surface area contributed by atoms with Gasteiger partial charge in [0.05, 0.1) is 12.1 Å². The molecule has 1 fully saturated rings. The zero-order valence-electron chi connectivity index (χ0n) is 18.2. The molecule has 3 rings (SSSR count). The number of carbonyl (C=O) groups excluding carboxylic acids is 2. The Morgan fingerprint density at radius 1 is 1.21 bits per heavy atom. The van der Waals surface area contributed by atoms with Gasteiger partial charge in [-0.3, -0.25) is 9.69 Å². The van der Waals surface area contributed by atoms with Gasteiger partial charge in [0, 0.05) is 18.9 Å². The summed E-state index contributed by atoms with van der Waals surface area (Å²) in [6, 6.07) is 7.65. The Morgan fingerprint density at radius 2 is 1.90 bits per heavy atom. The van der Waals surface area contributed by atoms with Crippen molar-refractivity contribution >= 4 is 11.9 Å². The first kappa shape index (κ1) is 21.8. The average molecular weight is 402 g/mol. The van der Waals surface area contributed by atoms with Gasteiger partial charge >= 0.3 is 6.09 Å². The molecule has 0 radical (unpaired) electrons. The molecule has 4 atom stereocenters. The summed E-state index contributed by atoms with van der Waals surface area (Å²) >= 11 is 0. The second kappa shape index (κ2) is 8.86. The molecule has 0 aromatic heterocycles. The summed E-state index contributed by atoms with van der Waals surface area (Å²) in [4.78, 5) is 27.1. The molecule has 2 unspecified atom stereocenters. The van der Waals surface area contributed by atoms with Crippen LogP contribution in [-0.4, -0.2) is 39.6 Å². The van der Waals surface area contributed by atoms with Crippen molar-refractivity contribution in [2.45, 2.75) is 90.5 Å². The fourth-order valence-electron chi connectivity index (χ4n) is 4.61. The molecule has 1 amide bonds. The normalized spacial score (nSPS) is 26.0. The summed E-state index contributed by atoms with van der Waals surface area (Å²) in [7, 11) is 0.